The maximum Gasteiger partial charge on any atom is 0.341 e. The van der Waals surface area contributed by atoms with E-state index in [1.807, 2.05) is 6.92 Å². The Morgan fingerprint density at radius 2 is 1.80 bits per heavy atom. The van der Waals surface area contributed by atoms with Crippen LogP contribution in [0.15, 0.2) is 35.2 Å². The van der Waals surface area contributed by atoms with Crippen molar-refractivity contribution in [3.63, 3.8) is 0 Å². The van der Waals surface area contributed by atoms with Gasteiger partial charge in [-0.05, 0) is 38.5 Å². The zero-order chi connectivity index (χ0) is 18.6. The molecule has 1 aromatic heterocycles. The SMILES string of the molecule is CCOC(=O)c1c(NC(=O)CS(=O)(=O)c2ccccc2)sc(C)c1C. The highest BCUT2D eigenvalue weighted by molar-refractivity contribution is 7.92. The Kier molecular flexibility index (Phi) is 5.97. The van der Waals surface area contributed by atoms with Crippen molar-refractivity contribution in [3.05, 3.63) is 46.3 Å². The number of benzene rings is 1. The number of ether oxygens (including phenoxy) is 1. The number of hydrogen-bond acceptors (Lipinski definition) is 6. The van der Waals surface area contributed by atoms with E-state index in [0.717, 1.165) is 4.88 Å². The van der Waals surface area contributed by atoms with E-state index in [1.165, 1.54) is 23.5 Å². The fraction of sp³-hybridized carbons (Fsp3) is 0.294. The minimum atomic E-state index is -3.75. The van der Waals surface area contributed by atoms with Gasteiger partial charge in [0, 0.05) is 4.88 Å². The smallest absolute Gasteiger partial charge is 0.341 e. The van der Waals surface area contributed by atoms with Crippen LogP contribution in [-0.4, -0.2) is 32.7 Å². The van der Waals surface area contributed by atoms with Crippen LogP contribution in [0, 0.1) is 13.8 Å². The Bertz CT molecular complexity index is 885. The first kappa shape index (κ1) is 19.1. The summed E-state index contributed by atoms with van der Waals surface area (Å²) in [7, 11) is -3.75. The lowest BCUT2D eigenvalue weighted by molar-refractivity contribution is -0.113. The van der Waals surface area contributed by atoms with Gasteiger partial charge in [0.15, 0.2) is 9.84 Å². The predicted molar refractivity (Wildman–Crippen MR) is 96.9 cm³/mol. The Hall–Kier alpha value is -2.19. The number of amides is 1. The maximum atomic E-state index is 12.3. The van der Waals surface area contributed by atoms with Crippen molar-refractivity contribution in [2.24, 2.45) is 0 Å². The van der Waals surface area contributed by atoms with Crippen LogP contribution in [0.4, 0.5) is 5.00 Å². The van der Waals surface area contributed by atoms with E-state index in [9.17, 15) is 18.0 Å². The first-order valence-electron chi connectivity index (χ1n) is 7.61. The fourth-order valence-corrected chi connectivity index (χ4v) is 4.43. The Labute approximate surface area is 150 Å². The van der Waals surface area contributed by atoms with Crippen LogP contribution in [0.5, 0.6) is 0 Å². The second-order valence-corrected chi connectivity index (χ2v) is 8.54. The normalized spacial score (nSPS) is 11.2. The van der Waals surface area contributed by atoms with Crippen LogP contribution in [-0.2, 0) is 19.4 Å². The van der Waals surface area contributed by atoms with Gasteiger partial charge in [0.05, 0.1) is 17.1 Å². The van der Waals surface area contributed by atoms with Crippen LogP contribution in [0.1, 0.15) is 27.7 Å². The van der Waals surface area contributed by atoms with Gasteiger partial charge in [-0.1, -0.05) is 18.2 Å². The fourth-order valence-electron chi connectivity index (χ4n) is 2.21. The maximum absolute atomic E-state index is 12.3. The molecule has 1 N–H and O–H groups in total. The van der Waals surface area contributed by atoms with Gasteiger partial charge < -0.3 is 10.1 Å². The van der Waals surface area contributed by atoms with E-state index >= 15 is 0 Å². The zero-order valence-electron chi connectivity index (χ0n) is 14.2. The number of carbonyl (C=O) groups is 2. The average molecular weight is 381 g/mol. The van der Waals surface area contributed by atoms with Crippen molar-refractivity contribution in [2.45, 2.75) is 25.7 Å². The molecule has 25 heavy (non-hydrogen) atoms. The molecule has 0 aliphatic heterocycles. The predicted octanol–water partition coefficient (Wildman–Crippen LogP) is 2.95. The van der Waals surface area contributed by atoms with Crippen LogP contribution in [0.25, 0.3) is 0 Å². The van der Waals surface area contributed by atoms with Crippen molar-refractivity contribution in [1.29, 1.82) is 0 Å². The van der Waals surface area contributed by atoms with Crippen LogP contribution in [0.2, 0.25) is 0 Å². The van der Waals surface area contributed by atoms with Gasteiger partial charge in [-0.2, -0.15) is 0 Å². The third kappa shape index (κ3) is 4.46. The van der Waals surface area contributed by atoms with Crippen LogP contribution < -0.4 is 5.32 Å². The monoisotopic (exact) mass is 381 g/mol. The molecule has 0 aliphatic carbocycles. The summed E-state index contributed by atoms with van der Waals surface area (Å²) in [5.74, 6) is -1.93. The summed E-state index contributed by atoms with van der Waals surface area (Å²) in [5, 5.41) is 2.84. The molecule has 2 aromatic rings. The molecule has 0 saturated heterocycles. The van der Waals surface area contributed by atoms with Crippen molar-refractivity contribution >= 4 is 38.1 Å². The number of aryl methyl sites for hydroxylation is 1. The molecule has 0 aliphatic rings. The van der Waals surface area contributed by atoms with Crippen molar-refractivity contribution in [1.82, 2.24) is 0 Å². The summed E-state index contributed by atoms with van der Waals surface area (Å²) in [5.41, 5.74) is 0.986. The molecule has 1 aromatic carbocycles. The lowest BCUT2D eigenvalue weighted by Gasteiger charge is -2.08. The van der Waals surface area contributed by atoms with Crippen molar-refractivity contribution < 1.29 is 22.7 Å². The molecule has 0 saturated carbocycles. The van der Waals surface area contributed by atoms with Gasteiger partial charge >= 0.3 is 5.97 Å². The molecule has 6 nitrogen and oxygen atoms in total. The summed E-state index contributed by atoms with van der Waals surface area (Å²) < 4.78 is 29.6. The Morgan fingerprint density at radius 3 is 2.40 bits per heavy atom. The molecule has 1 amide bonds. The number of anilines is 1. The van der Waals surface area contributed by atoms with E-state index in [1.54, 1.807) is 32.0 Å². The van der Waals surface area contributed by atoms with E-state index < -0.39 is 27.5 Å². The van der Waals surface area contributed by atoms with Gasteiger partial charge in [-0.15, -0.1) is 11.3 Å². The first-order valence-corrected chi connectivity index (χ1v) is 10.1. The lowest BCUT2D eigenvalue weighted by Crippen LogP contribution is -2.23. The zero-order valence-corrected chi connectivity index (χ0v) is 15.8. The first-order chi connectivity index (χ1) is 11.8. The minimum absolute atomic E-state index is 0.0781. The molecule has 2 rings (SSSR count). The highest BCUT2D eigenvalue weighted by Crippen LogP contribution is 2.33. The van der Waals surface area contributed by atoms with E-state index in [4.69, 9.17) is 4.74 Å². The number of thiophene rings is 1. The Morgan fingerprint density at radius 1 is 1.16 bits per heavy atom. The molecule has 8 heteroatoms. The second-order valence-electron chi connectivity index (χ2n) is 5.33. The highest BCUT2D eigenvalue weighted by atomic mass is 32.2. The summed E-state index contributed by atoms with van der Waals surface area (Å²) >= 11 is 1.22. The number of hydrogen-bond donors (Lipinski definition) is 1. The van der Waals surface area contributed by atoms with E-state index in [2.05, 4.69) is 5.32 Å². The number of sulfone groups is 1. The summed E-state index contributed by atoms with van der Waals surface area (Å²) in [6, 6.07) is 7.76. The third-order valence-corrected chi connectivity index (χ3v) is 6.30. The van der Waals surface area contributed by atoms with Crippen LogP contribution >= 0.6 is 11.3 Å². The lowest BCUT2D eigenvalue weighted by atomic mass is 10.1. The number of carbonyl (C=O) groups excluding carboxylic acids is 2. The van der Waals surface area contributed by atoms with Gasteiger partial charge in [-0.25, -0.2) is 13.2 Å². The number of esters is 1. The topological polar surface area (TPSA) is 89.5 Å². The number of rotatable bonds is 6. The molecule has 0 unspecified atom stereocenters. The second kappa shape index (κ2) is 7.79. The summed E-state index contributed by atoms with van der Waals surface area (Å²) in [6.45, 7) is 5.48. The molecule has 0 atom stereocenters. The number of nitrogens with one attached hydrogen (secondary N) is 1. The van der Waals surface area contributed by atoms with E-state index in [-0.39, 0.29) is 17.1 Å². The van der Waals surface area contributed by atoms with Gasteiger partial charge in [0.2, 0.25) is 5.91 Å². The Balaban J connectivity index is 2.21. The molecule has 134 valence electrons. The van der Waals surface area contributed by atoms with Gasteiger partial charge in [0.1, 0.15) is 10.8 Å². The summed E-state index contributed by atoms with van der Waals surface area (Å²) in [4.78, 5) is 25.3. The van der Waals surface area contributed by atoms with Gasteiger partial charge in [-0.3, -0.25) is 4.79 Å². The molecule has 1 heterocycles. The van der Waals surface area contributed by atoms with Crippen molar-refractivity contribution in [2.75, 3.05) is 17.7 Å². The highest BCUT2D eigenvalue weighted by Gasteiger charge is 2.24. The largest absolute Gasteiger partial charge is 0.462 e. The van der Waals surface area contributed by atoms with E-state index in [0.29, 0.717) is 10.6 Å². The van der Waals surface area contributed by atoms with Crippen LogP contribution in [0.3, 0.4) is 0 Å². The minimum Gasteiger partial charge on any atom is -0.462 e. The average Bonchev–Trinajstić information content (AvgIpc) is 2.82. The molecular formula is C17H19NO5S2. The molecule has 0 radical (unpaired) electrons. The van der Waals surface area contributed by atoms with Crippen molar-refractivity contribution in [3.8, 4) is 0 Å². The third-order valence-electron chi connectivity index (χ3n) is 3.54. The molecule has 0 bridgehead atoms. The molecule has 0 fully saturated rings. The quantitative estimate of drug-likeness (QED) is 0.777. The molecular weight excluding hydrogens is 362 g/mol. The molecule has 0 spiro atoms. The summed E-state index contributed by atoms with van der Waals surface area (Å²) in [6.07, 6.45) is 0. The standard InChI is InChI=1S/C17H19NO5S2/c1-4-23-17(20)15-11(2)12(3)24-16(15)18-14(19)10-25(21,22)13-8-6-5-7-9-13/h5-9H,4,10H2,1-3H3,(H,18,19). The van der Waals surface area contributed by atoms with Gasteiger partial charge in [0.25, 0.3) is 0 Å².